The summed E-state index contributed by atoms with van der Waals surface area (Å²) in [4.78, 5) is 23.0. The maximum Gasteiger partial charge on any atom is 0.239 e. The third-order valence-corrected chi connectivity index (χ3v) is 3.61. The largest absolute Gasteiger partial charge is 0.350 e. The summed E-state index contributed by atoms with van der Waals surface area (Å²) in [6.45, 7) is 9.70. The van der Waals surface area contributed by atoms with Crippen molar-refractivity contribution in [2.45, 2.75) is 45.6 Å². The van der Waals surface area contributed by atoms with E-state index in [1.807, 2.05) is 32.7 Å². The Bertz CT molecular complexity index is 645. The molecule has 0 bridgehead atoms. The minimum absolute atomic E-state index is 0.0503. The lowest BCUT2D eigenvalue weighted by Gasteiger charge is -2.25. The number of carbonyl (C=O) groups excluding carboxylic acids is 1. The monoisotopic (exact) mass is 315 g/mol. The van der Waals surface area contributed by atoms with E-state index in [0.29, 0.717) is 5.82 Å². The molecule has 0 saturated heterocycles. The van der Waals surface area contributed by atoms with Crippen molar-refractivity contribution in [1.29, 1.82) is 5.41 Å². The highest BCUT2D eigenvalue weighted by Gasteiger charge is 2.24. The van der Waals surface area contributed by atoms with Crippen LogP contribution in [-0.4, -0.2) is 40.7 Å². The molecule has 1 aliphatic carbocycles. The normalized spacial score (nSPS) is 13.4. The fourth-order valence-electron chi connectivity index (χ4n) is 2.69. The fourth-order valence-corrected chi connectivity index (χ4v) is 2.69. The van der Waals surface area contributed by atoms with Gasteiger partial charge in [0.05, 0.1) is 12.3 Å². The summed E-state index contributed by atoms with van der Waals surface area (Å²) in [5.41, 5.74) is 2.02. The lowest BCUT2D eigenvalue weighted by Crippen LogP contribution is -2.45. The Morgan fingerprint density at radius 3 is 2.70 bits per heavy atom. The molecule has 1 amide bonds. The Morgan fingerprint density at radius 1 is 1.39 bits per heavy atom. The lowest BCUT2D eigenvalue weighted by molar-refractivity contribution is -0.121. The molecule has 6 nitrogen and oxygen atoms in total. The predicted octanol–water partition coefficient (Wildman–Crippen LogP) is 1.87. The number of aryl methyl sites for hydroxylation is 1. The number of likely N-dealkylation sites (N-methyl/N-ethyl adjacent to an activating group) is 1. The van der Waals surface area contributed by atoms with Gasteiger partial charge in [0.2, 0.25) is 5.91 Å². The molecule has 1 heterocycles. The van der Waals surface area contributed by atoms with Crippen molar-refractivity contribution in [2.24, 2.45) is 0 Å². The highest BCUT2D eigenvalue weighted by molar-refractivity contribution is 6.03. The summed E-state index contributed by atoms with van der Waals surface area (Å²) in [5, 5.41) is 10.9. The summed E-state index contributed by atoms with van der Waals surface area (Å²) in [6, 6.07) is 0. The molecule has 6 heteroatoms. The van der Waals surface area contributed by atoms with Crippen molar-refractivity contribution >= 4 is 17.4 Å². The van der Waals surface area contributed by atoms with E-state index in [2.05, 4.69) is 21.9 Å². The molecule has 0 saturated carbocycles. The van der Waals surface area contributed by atoms with E-state index in [4.69, 9.17) is 5.41 Å². The topological polar surface area (TPSA) is 82.0 Å². The fraction of sp³-hybridized carbons (Fsp3) is 0.529. The predicted molar refractivity (Wildman–Crippen MR) is 92.2 cm³/mol. The van der Waals surface area contributed by atoms with Crippen LogP contribution in [0.15, 0.2) is 12.7 Å². The number of carbonyl (C=O) groups is 1. The van der Waals surface area contributed by atoms with E-state index in [9.17, 15) is 4.79 Å². The summed E-state index contributed by atoms with van der Waals surface area (Å²) < 4.78 is 0. The lowest BCUT2D eigenvalue weighted by atomic mass is 10.1. The van der Waals surface area contributed by atoms with Gasteiger partial charge >= 0.3 is 0 Å². The highest BCUT2D eigenvalue weighted by atomic mass is 16.2. The molecule has 0 aromatic carbocycles. The number of rotatable bonds is 5. The summed E-state index contributed by atoms with van der Waals surface area (Å²) in [5.74, 6) is 1.07. The van der Waals surface area contributed by atoms with Gasteiger partial charge in [-0.05, 0) is 46.1 Å². The molecule has 1 aromatic heterocycles. The first-order valence-corrected chi connectivity index (χ1v) is 7.84. The van der Waals surface area contributed by atoms with Gasteiger partial charge in [0.1, 0.15) is 5.82 Å². The van der Waals surface area contributed by atoms with Crippen molar-refractivity contribution in [3.8, 4) is 0 Å². The number of anilines is 1. The van der Waals surface area contributed by atoms with Crippen molar-refractivity contribution in [3.63, 3.8) is 0 Å². The molecule has 2 rings (SSSR count). The second kappa shape index (κ2) is 6.48. The van der Waals surface area contributed by atoms with E-state index >= 15 is 0 Å². The first kappa shape index (κ1) is 17.1. The maximum atomic E-state index is 12.2. The number of aromatic nitrogens is 2. The molecular weight excluding hydrogens is 290 g/mol. The molecule has 0 radical (unpaired) electrons. The second-order valence-electron chi connectivity index (χ2n) is 6.92. The number of fused-ring (bicyclic) bond motifs is 1. The van der Waals surface area contributed by atoms with Gasteiger partial charge in [-0.15, -0.1) is 0 Å². The average molecular weight is 315 g/mol. The van der Waals surface area contributed by atoms with E-state index < -0.39 is 0 Å². The van der Waals surface area contributed by atoms with Gasteiger partial charge in [-0.3, -0.25) is 10.2 Å². The van der Waals surface area contributed by atoms with Gasteiger partial charge in [0.15, 0.2) is 5.82 Å². The van der Waals surface area contributed by atoms with Crippen LogP contribution in [0.2, 0.25) is 0 Å². The Morgan fingerprint density at radius 2 is 2.09 bits per heavy atom. The van der Waals surface area contributed by atoms with Crippen molar-refractivity contribution in [2.75, 3.05) is 18.5 Å². The number of allylic oxidation sites excluding steroid dienone is 1. The van der Waals surface area contributed by atoms with Gasteiger partial charge in [-0.25, -0.2) is 9.97 Å². The number of nitrogens with zero attached hydrogens (tertiary/aromatic N) is 3. The van der Waals surface area contributed by atoms with Crippen LogP contribution in [0.25, 0.3) is 0 Å². The Balaban J connectivity index is 2.27. The molecule has 0 atom stereocenters. The second-order valence-corrected chi connectivity index (χ2v) is 6.92. The molecule has 1 aliphatic rings. The van der Waals surface area contributed by atoms with E-state index in [0.717, 1.165) is 36.3 Å². The van der Waals surface area contributed by atoms with Crippen LogP contribution in [-0.2, 0) is 17.6 Å². The summed E-state index contributed by atoms with van der Waals surface area (Å²) >= 11 is 0. The maximum absolute atomic E-state index is 12.2. The average Bonchev–Trinajstić information content (AvgIpc) is 2.91. The number of hydrogen-bond donors (Lipinski definition) is 2. The standard InChI is InChI=1S/C17H25N5O/c1-6-12(18)15-19-13-9-7-8-11(13)16(20-15)22(5)10-14(23)21-17(2,3)4/h6,18H,1,7-10H2,2-5H3,(H,21,23). The Hall–Kier alpha value is -2.24. The van der Waals surface area contributed by atoms with Crippen LogP contribution in [0.5, 0.6) is 0 Å². The first-order chi connectivity index (χ1) is 10.7. The molecule has 1 aromatic rings. The molecule has 2 N–H and O–H groups in total. The van der Waals surface area contributed by atoms with Crippen molar-refractivity contribution in [3.05, 3.63) is 29.7 Å². The molecule has 0 aliphatic heterocycles. The Labute approximate surface area is 137 Å². The van der Waals surface area contributed by atoms with Gasteiger partial charge < -0.3 is 10.2 Å². The number of hydrogen-bond acceptors (Lipinski definition) is 5. The van der Waals surface area contributed by atoms with Crippen LogP contribution in [0.4, 0.5) is 5.82 Å². The third-order valence-electron chi connectivity index (χ3n) is 3.61. The van der Waals surface area contributed by atoms with E-state index in [1.54, 1.807) is 0 Å². The quantitative estimate of drug-likeness (QED) is 0.813. The summed E-state index contributed by atoms with van der Waals surface area (Å²) in [7, 11) is 1.85. The van der Waals surface area contributed by atoms with Gasteiger partial charge in [-0.2, -0.15) is 0 Å². The molecule has 124 valence electrons. The van der Waals surface area contributed by atoms with Crippen LogP contribution in [0.1, 0.15) is 44.3 Å². The van der Waals surface area contributed by atoms with Crippen LogP contribution in [0.3, 0.4) is 0 Å². The van der Waals surface area contributed by atoms with Gasteiger partial charge in [0, 0.05) is 23.8 Å². The van der Waals surface area contributed by atoms with Crippen LogP contribution >= 0.6 is 0 Å². The van der Waals surface area contributed by atoms with Gasteiger partial charge in [0.25, 0.3) is 0 Å². The number of nitrogens with one attached hydrogen (secondary N) is 2. The van der Waals surface area contributed by atoms with Crippen molar-refractivity contribution < 1.29 is 4.79 Å². The molecular formula is C17H25N5O. The minimum atomic E-state index is -0.262. The van der Waals surface area contributed by atoms with Gasteiger partial charge in [-0.1, -0.05) is 6.58 Å². The van der Waals surface area contributed by atoms with E-state index in [-0.39, 0.29) is 23.7 Å². The molecule has 0 fully saturated rings. The number of amides is 1. The SMILES string of the molecule is C=CC(=N)c1nc2c(c(N(C)CC(=O)NC(C)(C)C)n1)CCC2. The third kappa shape index (κ3) is 4.15. The zero-order chi connectivity index (χ0) is 17.2. The smallest absolute Gasteiger partial charge is 0.239 e. The van der Waals surface area contributed by atoms with Crippen LogP contribution < -0.4 is 10.2 Å². The zero-order valence-corrected chi connectivity index (χ0v) is 14.4. The molecule has 23 heavy (non-hydrogen) atoms. The summed E-state index contributed by atoms with van der Waals surface area (Å²) in [6.07, 6.45) is 4.28. The zero-order valence-electron chi connectivity index (χ0n) is 14.4. The Kier molecular flexibility index (Phi) is 4.82. The highest BCUT2D eigenvalue weighted by Crippen LogP contribution is 2.28. The minimum Gasteiger partial charge on any atom is -0.350 e. The van der Waals surface area contributed by atoms with Crippen molar-refractivity contribution in [1.82, 2.24) is 15.3 Å². The van der Waals surface area contributed by atoms with Crippen LogP contribution in [0, 0.1) is 5.41 Å². The molecule has 0 unspecified atom stereocenters. The first-order valence-electron chi connectivity index (χ1n) is 7.84. The molecule has 0 spiro atoms. The van der Waals surface area contributed by atoms with E-state index in [1.165, 1.54) is 6.08 Å².